The summed E-state index contributed by atoms with van der Waals surface area (Å²) in [6.45, 7) is 2.86. The monoisotopic (exact) mass is 379 g/mol. The smallest absolute Gasteiger partial charge is 0.307 e. The Balaban J connectivity index is 1.53. The number of hydrogen-bond donors (Lipinski definition) is 1. The van der Waals surface area contributed by atoms with E-state index in [2.05, 4.69) is 15.2 Å². The number of piperidine rings is 3. The summed E-state index contributed by atoms with van der Waals surface area (Å²) in [5, 5.41) is 2.32. The molecule has 3 aliphatic heterocycles. The summed E-state index contributed by atoms with van der Waals surface area (Å²) in [6.07, 6.45) is 3.00. The van der Waals surface area contributed by atoms with Crippen LogP contribution in [0.25, 0.3) is 0 Å². The number of nitrogens with zero attached hydrogens (tertiary/aromatic N) is 2. The third-order valence-electron chi connectivity index (χ3n) is 5.04. The van der Waals surface area contributed by atoms with E-state index in [0.717, 1.165) is 50.8 Å². The van der Waals surface area contributed by atoms with Gasteiger partial charge in [0.25, 0.3) is 5.89 Å². The molecule has 0 saturated carbocycles. The summed E-state index contributed by atoms with van der Waals surface area (Å²) in [4.78, 5) is 17.9. The Hall–Kier alpha value is -2.26. The molecule has 4 heterocycles. The lowest BCUT2D eigenvalue weighted by atomic mass is 9.84. The van der Waals surface area contributed by atoms with Gasteiger partial charge in [0.1, 0.15) is 10.7 Å². The van der Waals surface area contributed by atoms with Crippen molar-refractivity contribution in [3.63, 3.8) is 0 Å². The highest BCUT2D eigenvalue weighted by Gasteiger charge is 2.36. The molecule has 5 rings (SSSR count). The number of nitrogens with one attached hydrogen (secondary N) is 1. The van der Waals surface area contributed by atoms with Crippen LogP contribution in [0.5, 0.6) is 0 Å². The highest BCUT2D eigenvalue weighted by molar-refractivity contribution is 7.91. The Bertz CT molecular complexity index is 935. The third kappa shape index (κ3) is 3.01. The summed E-state index contributed by atoms with van der Waals surface area (Å²) in [7, 11) is -4.22. The van der Waals surface area contributed by atoms with Crippen LogP contribution in [0.1, 0.15) is 23.5 Å². The molecule has 7 nitrogen and oxygen atoms in total. The first-order valence-corrected chi connectivity index (χ1v) is 9.92. The second-order valence-corrected chi connectivity index (χ2v) is 8.49. The number of carbonyl (C=O) groups is 1. The zero-order valence-corrected chi connectivity index (χ0v) is 14.7. The van der Waals surface area contributed by atoms with Gasteiger partial charge in [-0.25, -0.2) is 17.8 Å². The number of benzene rings is 1. The van der Waals surface area contributed by atoms with Crippen LogP contribution >= 0.6 is 0 Å². The van der Waals surface area contributed by atoms with E-state index in [0.29, 0.717) is 5.92 Å². The van der Waals surface area contributed by atoms with Crippen molar-refractivity contribution in [1.82, 2.24) is 15.2 Å². The van der Waals surface area contributed by atoms with Gasteiger partial charge >= 0.3 is 5.91 Å². The van der Waals surface area contributed by atoms with Crippen LogP contribution in [0.15, 0.2) is 44.9 Å². The van der Waals surface area contributed by atoms with Crippen LogP contribution in [-0.2, 0) is 9.84 Å². The van der Waals surface area contributed by atoms with Gasteiger partial charge in [-0.1, -0.05) is 12.1 Å². The Morgan fingerprint density at radius 1 is 1.27 bits per heavy atom. The number of hydrogen-bond acceptors (Lipinski definition) is 6. The first kappa shape index (κ1) is 17.2. The minimum atomic E-state index is -4.22. The molecule has 1 aromatic heterocycles. The molecule has 3 aliphatic rings. The average molecular weight is 379 g/mol. The van der Waals surface area contributed by atoms with Crippen molar-refractivity contribution in [3.05, 3.63) is 42.2 Å². The Kier molecular flexibility index (Phi) is 4.28. The number of amides is 1. The first-order valence-electron chi connectivity index (χ1n) is 8.44. The number of sulfone groups is 1. The van der Waals surface area contributed by atoms with E-state index in [9.17, 15) is 17.6 Å². The molecule has 3 fully saturated rings. The van der Waals surface area contributed by atoms with Crippen molar-refractivity contribution in [1.29, 1.82) is 0 Å². The van der Waals surface area contributed by atoms with Gasteiger partial charge in [-0.3, -0.25) is 4.79 Å². The van der Waals surface area contributed by atoms with Crippen LogP contribution in [0, 0.1) is 11.7 Å². The summed E-state index contributed by atoms with van der Waals surface area (Å²) in [6, 6.07) is 4.99. The number of aromatic nitrogens is 1. The van der Waals surface area contributed by atoms with Gasteiger partial charge in [-0.15, -0.1) is 0 Å². The van der Waals surface area contributed by atoms with Crippen LogP contribution in [0.3, 0.4) is 0 Å². The van der Waals surface area contributed by atoms with Crippen molar-refractivity contribution in [2.24, 2.45) is 5.92 Å². The van der Waals surface area contributed by atoms with Gasteiger partial charge in [0.05, 0.1) is 6.20 Å². The molecule has 1 amide bonds. The number of fused-ring (bicyclic) bond motifs is 3. The largest absolute Gasteiger partial charge is 0.420 e. The fraction of sp³-hybridized carbons (Fsp3) is 0.412. The minimum Gasteiger partial charge on any atom is -0.420 e. The molecule has 0 spiro atoms. The maximum Gasteiger partial charge on any atom is 0.307 e. The zero-order chi connectivity index (χ0) is 18.3. The van der Waals surface area contributed by atoms with Crippen molar-refractivity contribution in [3.8, 4) is 0 Å². The molecule has 138 valence electrons. The molecule has 0 aliphatic carbocycles. The third-order valence-corrected chi connectivity index (χ3v) is 6.67. The fourth-order valence-electron chi connectivity index (χ4n) is 3.62. The zero-order valence-electron chi connectivity index (χ0n) is 13.9. The van der Waals surface area contributed by atoms with Gasteiger partial charge in [0.2, 0.25) is 14.9 Å². The van der Waals surface area contributed by atoms with Crippen LogP contribution in [0.2, 0.25) is 0 Å². The van der Waals surface area contributed by atoms with E-state index >= 15 is 0 Å². The maximum absolute atomic E-state index is 13.8. The van der Waals surface area contributed by atoms with E-state index in [1.165, 1.54) is 12.1 Å². The molecular weight excluding hydrogens is 361 g/mol. The predicted octanol–water partition coefficient (Wildman–Crippen LogP) is 1.47. The number of rotatable bonds is 4. The first-order chi connectivity index (χ1) is 12.4. The molecule has 1 aromatic carbocycles. The highest BCUT2D eigenvalue weighted by atomic mass is 32.2. The van der Waals surface area contributed by atoms with E-state index in [1.54, 1.807) is 0 Å². The molecule has 9 heteroatoms. The van der Waals surface area contributed by atoms with Crippen LogP contribution < -0.4 is 5.32 Å². The van der Waals surface area contributed by atoms with Crippen molar-refractivity contribution in [2.45, 2.75) is 28.9 Å². The van der Waals surface area contributed by atoms with Crippen LogP contribution in [0.4, 0.5) is 4.39 Å². The highest BCUT2D eigenvalue weighted by Crippen LogP contribution is 2.28. The standard InChI is InChI=1S/C17H18FN3O4S/c18-12-3-1-2-4-14(12)26(23,24)15-9-19-17(25-15)16(22)20-13-10-21-7-5-11(13)6-8-21/h1-4,9,11,13H,5-8,10H2,(H,20,22)/t13-/m0/s1. The lowest BCUT2D eigenvalue weighted by molar-refractivity contribution is 0.0599. The topological polar surface area (TPSA) is 92.5 Å². The van der Waals surface area contributed by atoms with Crippen molar-refractivity contribution in [2.75, 3.05) is 19.6 Å². The van der Waals surface area contributed by atoms with Gasteiger partial charge in [0, 0.05) is 12.6 Å². The van der Waals surface area contributed by atoms with Gasteiger partial charge in [-0.05, 0) is 44.0 Å². The Labute approximate surface area is 150 Å². The average Bonchev–Trinajstić information content (AvgIpc) is 3.14. The molecule has 2 bridgehead atoms. The molecule has 1 atom stereocenters. The van der Waals surface area contributed by atoms with Gasteiger partial charge in [0.15, 0.2) is 0 Å². The minimum absolute atomic E-state index is 0.00326. The fourth-order valence-corrected chi connectivity index (χ4v) is 4.80. The maximum atomic E-state index is 13.8. The normalized spacial score (nSPS) is 25.2. The van der Waals surface area contributed by atoms with Gasteiger partial charge < -0.3 is 14.6 Å². The number of halogens is 1. The summed E-state index contributed by atoms with van der Waals surface area (Å²) in [5.74, 6) is -1.36. The second-order valence-electron chi connectivity index (χ2n) is 6.64. The van der Waals surface area contributed by atoms with Crippen molar-refractivity contribution < 1.29 is 22.0 Å². The molecule has 0 radical (unpaired) electrons. The van der Waals surface area contributed by atoms with Crippen LogP contribution in [-0.4, -0.2) is 49.9 Å². The quantitative estimate of drug-likeness (QED) is 0.865. The second kappa shape index (κ2) is 6.48. The Morgan fingerprint density at radius 2 is 2.00 bits per heavy atom. The Morgan fingerprint density at radius 3 is 2.65 bits per heavy atom. The van der Waals surface area contributed by atoms with Gasteiger partial charge in [-0.2, -0.15) is 0 Å². The SMILES string of the molecule is O=C(N[C@H]1CN2CCC1CC2)c1ncc(S(=O)(=O)c2ccccc2F)o1. The molecular formula is C17H18FN3O4S. The molecule has 1 N–H and O–H groups in total. The summed E-state index contributed by atoms with van der Waals surface area (Å²) in [5.41, 5.74) is 0. The number of carbonyl (C=O) groups excluding carboxylic acids is 1. The molecule has 3 saturated heterocycles. The lowest BCUT2D eigenvalue weighted by Gasteiger charge is -2.44. The number of oxazole rings is 1. The van der Waals surface area contributed by atoms with E-state index in [-0.39, 0.29) is 11.9 Å². The predicted molar refractivity (Wildman–Crippen MR) is 88.8 cm³/mol. The molecule has 26 heavy (non-hydrogen) atoms. The lowest BCUT2D eigenvalue weighted by Crippen LogP contribution is -2.57. The van der Waals surface area contributed by atoms with E-state index in [4.69, 9.17) is 4.42 Å². The molecule has 2 aromatic rings. The molecule has 0 unspecified atom stereocenters. The summed E-state index contributed by atoms with van der Waals surface area (Å²) >= 11 is 0. The van der Waals surface area contributed by atoms with Crippen molar-refractivity contribution >= 4 is 15.7 Å². The summed E-state index contributed by atoms with van der Waals surface area (Å²) < 4.78 is 43.9. The van der Waals surface area contributed by atoms with E-state index < -0.39 is 31.5 Å². The van der Waals surface area contributed by atoms with E-state index in [1.807, 2.05) is 0 Å².